The van der Waals surface area contributed by atoms with Gasteiger partial charge in [0.2, 0.25) is 0 Å². The number of rotatable bonds is 5. The molecule has 0 bridgehead atoms. The number of aromatic hydroxyl groups is 1. The molecule has 1 aliphatic heterocycles. The molecule has 3 nitrogen and oxygen atoms in total. The zero-order chi connectivity index (χ0) is 14.5. The number of phenolic OH excluding ortho intramolecular Hbond substituents is 1. The summed E-state index contributed by atoms with van der Waals surface area (Å²) >= 11 is 5.94. The quantitative estimate of drug-likeness (QED) is 0.820. The molecule has 1 saturated heterocycles. The SMILES string of the molecule is C=CCC[C@@H](c1c(F)ccc(Cl)c1O)N1CCNCC1. The van der Waals surface area contributed by atoms with Crippen LogP contribution in [0.25, 0.3) is 0 Å². The highest BCUT2D eigenvalue weighted by molar-refractivity contribution is 6.32. The lowest BCUT2D eigenvalue weighted by Crippen LogP contribution is -2.45. The fourth-order valence-electron chi connectivity index (χ4n) is 2.65. The second kappa shape index (κ2) is 7.07. The van der Waals surface area contributed by atoms with Gasteiger partial charge in [0.15, 0.2) is 0 Å². The molecule has 0 saturated carbocycles. The molecule has 1 aromatic rings. The fourth-order valence-corrected chi connectivity index (χ4v) is 2.82. The van der Waals surface area contributed by atoms with Crippen LogP contribution in [0.4, 0.5) is 4.39 Å². The van der Waals surface area contributed by atoms with Gasteiger partial charge in [0.25, 0.3) is 0 Å². The molecule has 0 aromatic heterocycles. The van der Waals surface area contributed by atoms with Crippen molar-refractivity contribution in [2.45, 2.75) is 18.9 Å². The first kappa shape index (κ1) is 15.3. The molecule has 1 fully saturated rings. The number of piperazine rings is 1. The van der Waals surface area contributed by atoms with E-state index in [0.29, 0.717) is 12.0 Å². The van der Waals surface area contributed by atoms with E-state index in [2.05, 4.69) is 16.8 Å². The van der Waals surface area contributed by atoms with Gasteiger partial charge in [-0.1, -0.05) is 17.7 Å². The Balaban J connectivity index is 2.34. The minimum Gasteiger partial charge on any atom is -0.506 e. The van der Waals surface area contributed by atoms with Gasteiger partial charge in [-0.25, -0.2) is 4.39 Å². The lowest BCUT2D eigenvalue weighted by molar-refractivity contribution is 0.160. The van der Waals surface area contributed by atoms with Crippen LogP contribution in [0.5, 0.6) is 5.75 Å². The van der Waals surface area contributed by atoms with E-state index in [-0.39, 0.29) is 16.8 Å². The molecule has 110 valence electrons. The number of halogens is 2. The predicted octanol–water partition coefficient (Wildman–Crippen LogP) is 3.10. The van der Waals surface area contributed by atoms with Crippen molar-refractivity contribution < 1.29 is 9.50 Å². The van der Waals surface area contributed by atoms with Crippen LogP contribution in [0.1, 0.15) is 24.4 Å². The van der Waals surface area contributed by atoms with Gasteiger partial charge in [0.05, 0.1) is 5.02 Å². The second-order valence-corrected chi connectivity index (χ2v) is 5.37. The lowest BCUT2D eigenvalue weighted by Gasteiger charge is -2.35. The summed E-state index contributed by atoms with van der Waals surface area (Å²) in [6.07, 6.45) is 3.29. The minimum absolute atomic E-state index is 0.140. The Labute approximate surface area is 124 Å². The van der Waals surface area contributed by atoms with Gasteiger partial charge in [-0.05, 0) is 25.0 Å². The van der Waals surface area contributed by atoms with Crippen molar-refractivity contribution in [2.75, 3.05) is 26.2 Å². The van der Waals surface area contributed by atoms with Gasteiger partial charge >= 0.3 is 0 Å². The number of nitrogens with one attached hydrogen (secondary N) is 1. The van der Waals surface area contributed by atoms with Crippen molar-refractivity contribution >= 4 is 11.6 Å². The van der Waals surface area contributed by atoms with E-state index in [1.807, 2.05) is 6.08 Å². The minimum atomic E-state index is -0.403. The molecular weight excluding hydrogens is 279 g/mol. The molecule has 1 heterocycles. The Morgan fingerprint density at radius 3 is 2.80 bits per heavy atom. The molecule has 0 radical (unpaired) electrons. The van der Waals surface area contributed by atoms with Gasteiger partial charge < -0.3 is 10.4 Å². The van der Waals surface area contributed by atoms with Crippen LogP contribution in [0.3, 0.4) is 0 Å². The van der Waals surface area contributed by atoms with Crippen molar-refractivity contribution in [1.82, 2.24) is 10.2 Å². The third-order valence-corrected chi connectivity index (χ3v) is 3.99. The van der Waals surface area contributed by atoms with Crippen LogP contribution < -0.4 is 5.32 Å². The van der Waals surface area contributed by atoms with E-state index in [1.165, 1.54) is 12.1 Å². The van der Waals surface area contributed by atoms with E-state index >= 15 is 0 Å². The summed E-state index contributed by atoms with van der Waals surface area (Å²) in [5.41, 5.74) is 0.307. The maximum atomic E-state index is 14.2. The van der Waals surface area contributed by atoms with Crippen molar-refractivity contribution in [3.8, 4) is 5.75 Å². The number of hydrogen-bond donors (Lipinski definition) is 2. The largest absolute Gasteiger partial charge is 0.506 e. The highest BCUT2D eigenvalue weighted by Crippen LogP contribution is 2.38. The van der Waals surface area contributed by atoms with E-state index in [1.54, 1.807) is 0 Å². The van der Waals surface area contributed by atoms with Crippen LogP contribution in [0.15, 0.2) is 24.8 Å². The predicted molar refractivity (Wildman–Crippen MR) is 79.7 cm³/mol. The zero-order valence-corrected chi connectivity index (χ0v) is 12.2. The van der Waals surface area contributed by atoms with Crippen molar-refractivity contribution in [2.24, 2.45) is 0 Å². The van der Waals surface area contributed by atoms with Crippen molar-refractivity contribution in [3.05, 3.63) is 41.2 Å². The first-order chi connectivity index (χ1) is 9.65. The van der Waals surface area contributed by atoms with Crippen molar-refractivity contribution in [3.63, 3.8) is 0 Å². The Morgan fingerprint density at radius 2 is 2.15 bits per heavy atom. The molecule has 0 amide bonds. The van der Waals surface area contributed by atoms with Crippen LogP contribution in [0.2, 0.25) is 5.02 Å². The van der Waals surface area contributed by atoms with Gasteiger partial charge in [-0.3, -0.25) is 4.90 Å². The van der Waals surface area contributed by atoms with Crippen LogP contribution in [-0.4, -0.2) is 36.2 Å². The number of phenols is 1. The average Bonchev–Trinajstić information content (AvgIpc) is 2.47. The molecular formula is C15H20ClFN2O. The summed E-state index contributed by atoms with van der Waals surface area (Å²) in [5.74, 6) is -0.543. The molecule has 2 rings (SSSR count). The smallest absolute Gasteiger partial charge is 0.141 e. The maximum Gasteiger partial charge on any atom is 0.141 e. The van der Waals surface area contributed by atoms with Crippen LogP contribution in [0, 0.1) is 5.82 Å². The summed E-state index contributed by atoms with van der Waals surface area (Å²) in [6.45, 7) is 7.11. The maximum absolute atomic E-state index is 14.2. The third-order valence-electron chi connectivity index (χ3n) is 3.68. The summed E-state index contributed by atoms with van der Waals surface area (Å²) in [5, 5.41) is 13.6. The number of hydrogen-bond acceptors (Lipinski definition) is 3. The van der Waals surface area contributed by atoms with Gasteiger partial charge in [-0.2, -0.15) is 0 Å². The summed E-state index contributed by atoms with van der Waals surface area (Å²) in [7, 11) is 0. The van der Waals surface area contributed by atoms with Crippen molar-refractivity contribution in [1.29, 1.82) is 0 Å². The summed E-state index contributed by atoms with van der Waals surface area (Å²) < 4.78 is 14.2. The summed E-state index contributed by atoms with van der Waals surface area (Å²) in [4.78, 5) is 2.19. The molecule has 5 heteroatoms. The monoisotopic (exact) mass is 298 g/mol. The normalized spacial score (nSPS) is 17.9. The third kappa shape index (κ3) is 3.32. The molecule has 2 N–H and O–H groups in total. The standard InChI is InChI=1S/C15H20ClFN2O/c1-2-3-4-13(19-9-7-18-8-10-19)14-12(17)6-5-11(16)15(14)20/h2,5-6,13,18,20H,1,3-4,7-10H2/t13-/m0/s1. The molecule has 1 aromatic carbocycles. The number of benzene rings is 1. The fraction of sp³-hybridized carbons (Fsp3) is 0.467. The van der Waals surface area contributed by atoms with Crippen LogP contribution in [-0.2, 0) is 0 Å². The van der Waals surface area contributed by atoms with Gasteiger partial charge in [-0.15, -0.1) is 6.58 Å². The number of nitrogens with zero attached hydrogens (tertiary/aromatic N) is 1. The first-order valence-electron chi connectivity index (χ1n) is 6.87. The molecule has 20 heavy (non-hydrogen) atoms. The molecule has 0 unspecified atom stereocenters. The van der Waals surface area contributed by atoms with E-state index in [0.717, 1.165) is 32.6 Å². The van der Waals surface area contributed by atoms with E-state index in [4.69, 9.17) is 11.6 Å². The zero-order valence-electron chi connectivity index (χ0n) is 11.4. The average molecular weight is 299 g/mol. The lowest BCUT2D eigenvalue weighted by atomic mass is 9.98. The van der Waals surface area contributed by atoms with E-state index < -0.39 is 5.82 Å². The topological polar surface area (TPSA) is 35.5 Å². The van der Waals surface area contributed by atoms with Gasteiger partial charge in [0, 0.05) is 37.8 Å². The Hall–Kier alpha value is -1.10. The molecule has 1 atom stereocenters. The summed E-state index contributed by atoms with van der Waals surface area (Å²) in [6, 6.07) is 2.53. The van der Waals surface area contributed by atoms with Gasteiger partial charge in [0.1, 0.15) is 11.6 Å². The first-order valence-corrected chi connectivity index (χ1v) is 7.25. The van der Waals surface area contributed by atoms with Crippen LogP contribution >= 0.6 is 11.6 Å². The molecule has 0 spiro atoms. The van der Waals surface area contributed by atoms with E-state index in [9.17, 15) is 9.50 Å². The Kier molecular flexibility index (Phi) is 5.40. The molecule has 0 aliphatic carbocycles. The highest BCUT2D eigenvalue weighted by Gasteiger charge is 2.27. The second-order valence-electron chi connectivity index (χ2n) is 4.96. The Bertz CT molecular complexity index is 475. The molecule has 1 aliphatic rings. The highest BCUT2D eigenvalue weighted by atomic mass is 35.5. The number of allylic oxidation sites excluding steroid dienone is 1. The Morgan fingerprint density at radius 1 is 1.45 bits per heavy atom.